The number of nitrogens with one attached hydrogen (secondary N) is 2. The summed E-state index contributed by atoms with van der Waals surface area (Å²) in [6, 6.07) is 29.9. The lowest BCUT2D eigenvalue weighted by Gasteiger charge is -2.29. The molecule has 0 amide bonds. The van der Waals surface area contributed by atoms with Crippen molar-refractivity contribution >= 4 is 40.9 Å². The van der Waals surface area contributed by atoms with E-state index in [0.29, 0.717) is 58.5 Å². The van der Waals surface area contributed by atoms with E-state index in [-0.39, 0.29) is 55.7 Å². The van der Waals surface area contributed by atoms with Crippen LogP contribution in [0.15, 0.2) is 107 Å². The molecule has 0 fully saturated rings. The van der Waals surface area contributed by atoms with Crippen molar-refractivity contribution in [2.45, 2.75) is 235 Å². The first-order chi connectivity index (χ1) is 40.1. The van der Waals surface area contributed by atoms with Crippen molar-refractivity contribution in [3.8, 4) is 0 Å². The van der Waals surface area contributed by atoms with Crippen molar-refractivity contribution < 1.29 is 38.1 Å². The van der Waals surface area contributed by atoms with Gasteiger partial charge in [0.15, 0.2) is 0 Å². The van der Waals surface area contributed by atoms with Crippen molar-refractivity contribution in [1.29, 1.82) is 0 Å². The number of carbonyl (C=O) groups is 4. The van der Waals surface area contributed by atoms with Crippen molar-refractivity contribution in [1.82, 2.24) is 0 Å². The minimum atomic E-state index is -0.480. The molecule has 5 aromatic carbocycles. The fraction of sp³-hybridized carbons (Fsp3) is 0.513. The Labute approximate surface area is 530 Å². The smallest absolute Gasteiger partial charge is 0.339 e. The van der Waals surface area contributed by atoms with E-state index in [2.05, 4.69) is 250 Å². The molecule has 0 bridgehead atoms. The van der Waals surface area contributed by atoms with E-state index < -0.39 is 17.9 Å². The van der Waals surface area contributed by atoms with Gasteiger partial charge < -0.3 is 29.6 Å². The number of hydrogen-bond acceptors (Lipinski definition) is 10. The van der Waals surface area contributed by atoms with Gasteiger partial charge in [-0.2, -0.15) is 0 Å². The van der Waals surface area contributed by atoms with Gasteiger partial charge in [-0.15, -0.1) is 0 Å². The Morgan fingerprint density at radius 3 is 0.955 bits per heavy atom. The number of methoxy groups -OCH3 is 4. The summed E-state index contributed by atoms with van der Waals surface area (Å²) >= 11 is 0. The zero-order valence-electron chi connectivity index (χ0n) is 59.2. The number of anilines is 3. The monoisotopic (exact) mass is 1200 g/mol. The molecule has 5 aromatic rings. The van der Waals surface area contributed by atoms with Gasteiger partial charge in [-0.05, 0) is 154 Å². The molecule has 10 nitrogen and oxygen atoms in total. The molecular formula is C78H108N2O8. The summed E-state index contributed by atoms with van der Waals surface area (Å²) in [5.74, 6) is -1.70. The van der Waals surface area contributed by atoms with E-state index in [1.807, 2.05) is 0 Å². The van der Waals surface area contributed by atoms with E-state index in [0.717, 1.165) is 28.1 Å². The van der Waals surface area contributed by atoms with Crippen molar-refractivity contribution in [3.05, 3.63) is 180 Å². The predicted octanol–water partition coefficient (Wildman–Crippen LogP) is 19.0. The molecule has 0 saturated carbocycles. The van der Waals surface area contributed by atoms with Crippen molar-refractivity contribution in [2.24, 2.45) is 0 Å². The maximum atomic E-state index is 13.3. The first-order valence-corrected chi connectivity index (χ1v) is 31.2. The second-order valence-electron chi connectivity index (χ2n) is 32.5. The number of rotatable bonds is 12. The molecule has 0 radical (unpaired) electrons. The Balaban J connectivity index is 0.000000321. The number of benzene rings is 5. The highest BCUT2D eigenvalue weighted by Crippen LogP contribution is 2.41. The van der Waals surface area contributed by atoms with Gasteiger partial charge in [-0.25, -0.2) is 19.2 Å². The Bertz CT molecular complexity index is 3120. The lowest BCUT2D eigenvalue weighted by molar-refractivity contribution is -0.137. The number of allylic oxidation sites excluding steroid dienone is 2. The topological polar surface area (TPSA) is 129 Å². The van der Waals surface area contributed by atoms with Gasteiger partial charge in [0.05, 0.1) is 50.8 Å². The maximum absolute atomic E-state index is 13.3. The summed E-state index contributed by atoms with van der Waals surface area (Å²) in [4.78, 5) is 53.0. The number of carbonyl (C=O) groups excluding carboxylic acids is 4. The summed E-state index contributed by atoms with van der Waals surface area (Å²) in [6.07, 6.45) is 1.55. The first-order valence-electron chi connectivity index (χ1n) is 31.2. The highest BCUT2D eigenvalue weighted by molar-refractivity contribution is 6.01. The molecule has 0 unspecified atom stereocenters. The van der Waals surface area contributed by atoms with Crippen LogP contribution in [0.3, 0.4) is 0 Å². The molecule has 0 heterocycles. The van der Waals surface area contributed by atoms with Crippen LogP contribution in [0.1, 0.15) is 261 Å². The van der Waals surface area contributed by atoms with Gasteiger partial charge in [-0.1, -0.05) is 220 Å². The minimum Gasteiger partial charge on any atom is -0.466 e. The normalized spacial score (nSPS) is 13.8. The van der Waals surface area contributed by atoms with Crippen molar-refractivity contribution in [2.75, 3.05) is 39.1 Å². The van der Waals surface area contributed by atoms with Crippen LogP contribution in [-0.2, 0) is 84.7 Å². The van der Waals surface area contributed by atoms with Gasteiger partial charge in [0, 0.05) is 35.5 Å². The van der Waals surface area contributed by atoms with Crippen LogP contribution in [0, 0.1) is 0 Å². The molecule has 10 heteroatoms. The Morgan fingerprint density at radius 2 is 0.625 bits per heavy atom. The molecular weight excluding hydrogens is 1090 g/mol. The molecule has 0 atom stereocenters. The highest BCUT2D eigenvalue weighted by atomic mass is 16.5. The molecule has 88 heavy (non-hydrogen) atoms. The number of hydrogen-bond donors (Lipinski definition) is 2. The summed E-state index contributed by atoms with van der Waals surface area (Å²) < 4.78 is 21.1. The maximum Gasteiger partial charge on any atom is 0.339 e. The summed E-state index contributed by atoms with van der Waals surface area (Å²) in [5, 5.41) is 7.03. The molecule has 2 N–H and O–H groups in total. The summed E-state index contributed by atoms with van der Waals surface area (Å²) in [6.45, 7) is 52.8. The van der Waals surface area contributed by atoms with Crippen LogP contribution in [0.5, 0.6) is 0 Å². The molecule has 0 saturated heterocycles. The molecule has 1 aliphatic carbocycles. The Hall–Kier alpha value is -6.94. The number of ether oxygens (including phenoxy) is 4. The zero-order valence-corrected chi connectivity index (χ0v) is 59.2. The largest absolute Gasteiger partial charge is 0.466 e. The molecule has 478 valence electrons. The van der Waals surface area contributed by atoms with Crippen LogP contribution in [0.25, 0.3) is 0 Å². The fourth-order valence-corrected chi connectivity index (χ4v) is 10.5. The lowest BCUT2D eigenvalue weighted by Crippen LogP contribution is -2.23. The lowest BCUT2D eigenvalue weighted by atomic mass is 9.78. The van der Waals surface area contributed by atoms with Crippen LogP contribution in [-0.4, -0.2) is 52.3 Å². The average Bonchev–Trinajstić information content (AvgIpc) is 1.16. The number of esters is 4. The molecule has 0 spiro atoms. The molecule has 0 aromatic heterocycles. The fourth-order valence-electron chi connectivity index (χ4n) is 10.5. The highest BCUT2D eigenvalue weighted by Gasteiger charge is 2.32. The van der Waals surface area contributed by atoms with E-state index in [4.69, 9.17) is 18.9 Å². The third-order valence-corrected chi connectivity index (χ3v) is 16.6. The standard InChI is InChI=1S/C39H55NO4.C39H53NO4/c2*1-36(2,3)26-16-24(17-27(19-26)37(4,5)6)15-25-18-32(35(42)44-14)33(23-31(25)34(41)43-13)40-30-21-28(38(7,8)9)20-29(22-30)39(10,11)12/h16-17,19-22,40H,15,18,23H2,1-14H3;16-23,40H,15H2,1-14H3. The first kappa shape index (κ1) is 71.8. The second-order valence-corrected chi connectivity index (χ2v) is 32.5. The Morgan fingerprint density at radius 1 is 0.330 bits per heavy atom. The van der Waals surface area contributed by atoms with E-state index in [1.54, 1.807) is 12.1 Å². The molecule has 6 rings (SSSR count). The van der Waals surface area contributed by atoms with Crippen LogP contribution in [0.2, 0.25) is 0 Å². The zero-order chi connectivity index (χ0) is 66.8. The van der Waals surface area contributed by atoms with Gasteiger partial charge in [0.1, 0.15) is 0 Å². The third-order valence-electron chi connectivity index (χ3n) is 16.6. The van der Waals surface area contributed by atoms with Crippen LogP contribution >= 0.6 is 0 Å². The van der Waals surface area contributed by atoms with Gasteiger partial charge in [0.25, 0.3) is 0 Å². The van der Waals surface area contributed by atoms with Gasteiger partial charge in [-0.3, -0.25) is 0 Å². The van der Waals surface area contributed by atoms with Crippen LogP contribution < -0.4 is 10.6 Å². The van der Waals surface area contributed by atoms with Gasteiger partial charge >= 0.3 is 23.9 Å². The van der Waals surface area contributed by atoms with E-state index >= 15 is 0 Å². The summed E-state index contributed by atoms with van der Waals surface area (Å²) in [5.41, 5.74) is 17.7. The van der Waals surface area contributed by atoms with E-state index in [1.165, 1.54) is 72.9 Å². The quantitative estimate of drug-likeness (QED) is 0.0920. The third kappa shape index (κ3) is 18.6. The predicted molar refractivity (Wildman–Crippen MR) is 365 cm³/mol. The minimum absolute atomic E-state index is 0.0379. The second kappa shape index (κ2) is 26.6. The van der Waals surface area contributed by atoms with Gasteiger partial charge in [0.2, 0.25) is 0 Å². The Kier molecular flexibility index (Phi) is 21.7. The van der Waals surface area contributed by atoms with Crippen molar-refractivity contribution in [3.63, 3.8) is 0 Å². The SMILES string of the molecule is COC(=O)C1=C(Cc2cc(C(C)(C)C)cc(C(C)(C)C)c2)CC(C(=O)OC)=C(Nc2cc(C(C)(C)C)cc(C(C)(C)C)c2)C1.COC(=O)c1cc(Nc2cc(C(C)(C)C)cc(C(C)(C)C)c2)c(C(=O)OC)cc1Cc1cc(C(C)(C)C)cc(C(C)(C)C)c1. The summed E-state index contributed by atoms with van der Waals surface area (Å²) in [7, 11) is 5.58. The van der Waals surface area contributed by atoms with Crippen LogP contribution in [0.4, 0.5) is 17.1 Å². The van der Waals surface area contributed by atoms with E-state index in [9.17, 15) is 19.2 Å². The molecule has 1 aliphatic rings. The average molecular weight is 1200 g/mol. The molecule has 0 aliphatic heterocycles.